The second-order valence-electron chi connectivity index (χ2n) is 5.70. The van der Waals surface area contributed by atoms with E-state index in [1.54, 1.807) is 30.3 Å². The van der Waals surface area contributed by atoms with Gasteiger partial charge in [-0.05, 0) is 25.0 Å². The molecule has 2 atom stereocenters. The minimum absolute atomic E-state index is 0.160. The molecule has 0 unspecified atom stereocenters. The zero-order chi connectivity index (χ0) is 17.6. The Bertz CT molecular complexity index is 697. The summed E-state index contributed by atoms with van der Waals surface area (Å²) in [6, 6.07) is 7.75. The molecule has 1 amide bonds. The molecule has 1 heterocycles. The fourth-order valence-corrected chi connectivity index (χ4v) is 4.25. The number of nitrogens with zero attached hydrogens (tertiary/aromatic N) is 1. The van der Waals surface area contributed by atoms with Gasteiger partial charge in [-0.3, -0.25) is 4.79 Å². The summed E-state index contributed by atoms with van der Waals surface area (Å²) in [5, 5.41) is 2.73. The highest BCUT2D eigenvalue weighted by molar-refractivity contribution is 7.89. The second-order valence-corrected chi connectivity index (χ2v) is 7.64. The predicted molar refractivity (Wildman–Crippen MR) is 90.6 cm³/mol. The number of benzene rings is 1. The summed E-state index contributed by atoms with van der Waals surface area (Å²) < 4.78 is 31.7. The van der Waals surface area contributed by atoms with Gasteiger partial charge in [0.25, 0.3) is 0 Å². The number of nitrogens with one attached hydrogen (secondary N) is 1. The molecule has 1 aliphatic heterocycles. The SMILES string of the molecule is C#C[C@H](COC)NC(=O)[C@H]1CCCN(S(=O)(=O)c2ccccc2)C1. The summed E-state index contributed by atoms with van der Waals surface area (Å²) in [7, 11) is -2.08. The van der Waals surface area contributed by atoms with Crippen molar-refractivity contribution in [3.63, 3.8) is 0 Å². The van der Waals surface area contributed by atoms with Gasteiger partial charge in [-0.25, -0.2) is 8.42 Å². The van der Waals surface area contributed by atoms with Crippen molar-refractivity contribution in [1.82, 2.24) is 9.62 Å². The predicted octanol–water partition coefficient (Wildman–Crippen LogP) is 0.852. The number of methoxy groups -OCH3 is 1. The molecule has 6 nitrogen and oxygen atoms in total. The molecule has 1 saturated heterocycles. The fraction of sp³-hybridized carbons (Fsp3) is 0.471. The largest absolute Gasteiger partial charge is 0.382 e. The Morgan fingerprint density at radius 3 is 2.79 bits per heavy atom. The lowest BCUT2D eigenvalue weighted by Crippen LogP contribution is -2.48. The van der Waals surface area contributed by atoms with Crippen molar-refractivity contribution in [2.75, 3.05) is 26.8 Å². The van der Waals surface area contributed by atoms with Crippen LogP contribution in [0.3, 0.4) is 0 Å². The van der Waals surface area contributed by atoms with E-state index >= 15 is 0 Å². The zero-order valence-corrected chi connectivity index (χ0v) is 14.5. The van der Waals surface area contributed by atoms with Gasteiger partial charge in [0.05, 0.1) is 17.4 Å². The van der Waals surface area contributed by atoms with Crippen molar-refractivity contribution in [3.8, 4) is 12.3 Å². The summed E-state index contributed by atoms with van der Waals surface area (Å²) in [4.78, 5) is 12.6. The van der Waals surface area contributed by atoms with Gasteiger partial charge in [0, 0.05) is 20.2 Å². The average Bonchev–Trinajstić information content (AvgIpc) is 2.62. The summed E-state index contributed by atoms with van der Waals surface area (Å²) in [6.07, 6.45) is 6.63. The standard InChI is InChI=1S/C17H22N2O4S/c1-3-15(13-23-2)18-17(20)14-8-7-11-19(12-14)24(21,22)16-9-5-4-6-10-16/h1,4-6,9-10,14-15H,7-8,11-13H2,2H3,(H,18,20)/t14-,15+/m0/s1. The molecule has 1 fully saturated rings. The first-order valence-electron chi connectivity index (χ1n) is 7.79. The van der Waals surface area contributed by atoms with E-state index in [-0.39, 0.29) is 24.0 Å². The maximum atomic E-state index is 12.7. The number of sulfonamides is 1. The van der Waals surface area contributed by atoms with Crippen LogP contribution in [-0.4, -0.2) is 51.5 Å². The number of piperidine rings is 1. The molecule has 24 heavy (non-hydrogen) atoms. The Kier molecular flexibility index (Phi) is 6.37. The zero-order valence-electron chi connectivity index (χ0n) is 13.6. The molecule has 0 bridgehead atoms. The van der Waals surface area contributed by atoms with E-state index in [1.165, 1.54) is 11.4 Å². The van der Waals surface area contributed by atoms with Crippen LogP contribution in [0, 0.1) is 18.3 Å². The molecule has 0 radical (unpaired) electrons. The van der Waals surface area contributed by atoms with E-state index < -0.39 is 22.0 Å². The van der Waals surface area contributed by atoms with E-state index in [2.05, 4.69) is 11.2 Å². The highest BCUT2D eigenvalue weighted by Gasteiger charge is 2.33. The van der Waals surface area contributed by atoms with Crippen molar-refractivity contribution in [2.24, 2.45) is 5.92 Å². The maximum absolute atomic E-state index is 12.7. The Morgan fingerprint density at radius 2 is 2.17 bits per heavy atom. The van der Waals surface area contributed by atoms with Crippen molar-refractivity contribution in [3.05, 3.63) is 30.3 Å². The van der Waals surface area contributed by atoms with Crippen LogP contribution < -0.4 is 5.32 Å². The molecule has 1 aromatic rings. The molecular formula is C17H22N2O4S. The van der Waals surface area contributed by atoms with Crippen molar-refractivity contribution < 1.29 is 17.9 Å². The highest BCUT2D eigenvalue weighted by atomic mass is 32.2. The number of amides is 1. The van der Waals surface area contributed by atoms with Gasteiger partial charge in [0.1, 0.15) is 6.04 Å². The smallest absolute Gasteiger partial charge is 0.243 e. The number of hydrogen-bond donors (Lipinski definition) is 1. The summed E-state index contributed by atoms with van der Waals surface area (Å²) in [5.74, 6) is 1.81. The van der Waals surface area contributed by atoms with E-state index in [0.29, 0.717) is 19.4 Å². The lowest BCUT2D eigenvalue weighted by Gasteiger charge is -2.31. The molecule has 2 rings (SSSR count). The Labute approximate surface area is 143 Å². The van der Waals surface area contributed by atoms with Crippen LogP contribution in [-0.2, 0) is 19.6 Å². The molecule has 130 valence electrons. The lowest BCUT2D eigenvalue weighted by atomic mass is 9.98. The molecular weight excluding hydrogens is 328 g/mol. The first-order valence-corrected chi connectivity index (χ1v) is 9.23. The van der Waals surface area contributed by atoms with Gasteiger partial charge >= 0.3 is 0 Å². The molecule has 0 aliphatic carbocycles. The quantitative estimate of drug-likeness (QED) is 0.772. The first-order chi connectivity index (χ1) is 11.5. The monoisotopic (exact) mass is 350 g/mol. The van der Waals surface area contributed by atoms with Gasteiger partial charge < -0.3 is 10.1 Å². The third-order valence-corrected chi connectivity index (χ3v) is 5.87. The van der Waals surface area contributed by atoms with Gasteiger partial charge in [0.2, 0.25) is 15.9 Å². The molecule has 1 N–H and O–H groups in total. The summed E-state index contributed by atoms with van der Waals surface area (Å²) >= 11 is 0. The van der Waals surface area contributed by atoms with Gasteiger partial charge in [-0.1, -0.05) is 24.1 Å². The van der Waals surface area contributed by atoms with E-state index in [4.69, 9.17) is 11.2 Å². The first kappa shape index (κ1) is 18.5. The molecule has 0 spiro atoms. The van der Waals surface area contributed by atoms with Gasteiger partial charge in [-0.2, -0.15) is 4.31 Å². The molecule has 1 aliphatic rings. The van der Waals surface area contributed by atoms with E-state index in [0.717, 1.165) is 0 Å². The summed E-state index contributed by atoms with van der Waals surface area (Å²) in [5.41, 5.74) is 0. The lowest BCUT2D eigenvalue weighted by molar-refractivity contribution is -0.126. The minimum Gasteiger partial charge on any atom is -0.382 e. The van der Waals surface area contributed by atoms with Crippen LogP contribution in [0.15, 0.2) is 35.2 Å². The Balaban J connectivity index is 2.06. The Hall–Kier alpha value is -1.88. The van der Waals surface area contributed by atoms with Gasteiger partial charge in [-0.15, -0.1) is 6.42 Å². The molecule has 1 aromatic carbocycles. The van der Waals surface area contributed by atoms with Gasteiger partial charge in [0.15, 0.2) is 0 Å². The van der Waals surface area contributed by atoms with Crippen LogP contribution in [0.4, 0.5) is 0 Å². The van der Waals surface area contributed by atoms with Crippen molar-refractivity contribution >= 4 is 15.9 Å². The number of terminal acetylenes is 1. The highest BCUT2D eigenvalue weighted by Crippen LogP contribution is 2.23. The molecule has 7 heteroatoms. The normalized spacial score (nSPS) is 20.1. The van der Waals surface area contributed by atoms with Crippen LogP contribution in [0.1, 0.15) is 12.8 Å². The van der Waals surface area contributed by atoms with Crippen molar-refractivity contribution in [2.45, 2.75) is 23.8 Å². The van der Waals surface area contributed by atoms with Crippen LogP contribution in [0.2, 0.25) is 0 Å². The fourth-order valence-electron chi connectivity index (χ4n) is 2.70. The molecule has 0 saturated carbocycles. The van der Waals surface area contributed by atoms with E-state index in [1.807, 2.05) is 0 Å². The van der Waals surface area contributed by atoms with Crippen LogP contribution >= 0.6 is 0 Å². The minimum atomic E-state index is -3.58. The van der Waals surface area contributed by atoms with Crippen LogP contribution in [0.5, 0.6) is 0 Å². The number of ether oxygens (including phenoxy) is 1. The van der Waals surface area contributed by atoms with Crippen molar-refractivity contribution in [1.29, 1.82) is 0 Å². The third-order valence-electron chi connectivity index (χ3n) is 3.99. The number of carbonyl (C=O) groups is 1. The molecule has 0 aromatic heterocycles. The third kappa shape index (κ3) is 4.35. The number of rotatable bonds is 6. The second kappa shape index (κ2) is 8.29. The maximum Gasteiger partial charge on any atom is 0.243 e. The average molecular weight is 350 g/mol. The number of hydrogen-bond acceptors (Lipinski definition) is 4. The number of carbonyl (C=O) groups excluding carboxylic acids is 1. The Morgan fingerprint density at radius 1 is 1.46 bits per heavy atom. The topological polar surface area (TPSA) is 75.7 Å². The van der Waals surface area contributed by atoms with Crippen LogP contribution in [0.25, 0.3) is 0 Å². The van der Waals surface area contributed by atoms with E-state index in [9.17, 15) is 13.2 Å². The summed E-state index contributed by atoms with van der Waals surface area (Å²) in [6.45, 7) is 0.798.